The predicted octanol–water partition coefficient (Wildman–Crippen LogP) is 12.4. The number of hydrogen-bond acceptors (Lipinski definition) is 4. The van der Waals surface area contributed by atoms with E-state index in [2.05, 4.69) is 13.8 Å². The van der Waals surface area contributed by atoms with E-state index in [-0.39, 0.29) is 31.2 Å². The predicted molar refractivity (Wildman–Crippen MR) is 198 cm³/mol. The molecule has 0 aromatic rings. The number of unbranched alkanes of at least 4 members (excludes halogenated alkanes) is 28. The minimum absolute atomic E-state index is 0.125. The van der Waals surface area contributed by atoms with Crippen molar-refractivity contribution in [3.05, 3.63) is 0 Å². The van der Waals surface area contributed by atoms with Gasteiger partial charge in [0.1, 0.15) is 0 Å². The summed E-state index contributed by atoms with van der Waals surface area (Å²) in [5.41, 5.74) is 0. The molecule has 0 fully saturated rings. The maximum absolute atomic E-state index is 13.0. The molecule has 0 spiro atoms. The molecule has 1 unspecified atom stereocenters. The number of nitrogens with zero attached hydrogens (tertiary/aromatic N) is 1. The Bertz CT molecular complexity index is 712. The van der Waals surface area contributed by atoms with E-state index in [1.807, 2.05) is 0 Å². The molecule has 0 radical (unpaired) electrons. The second-order valence-corrected chi connectivity index (χ2v) is 15.4. The fraction of sp³-hybridized carbons (Fsp3) is 0.949. The van der Waals surface area contributed by atoms with Crippen molar-refractivity contribution in [2.75, 3.05) is 6.54 Å². The van der Waals surface area contributed by atoms with Gasteiger partial charge in [0, 0.05) is 12.8 Å². The van der Waals surface area contributed by atoms with Crippen LogP contribution in [-0.4, -0.2) is 39.1 Å². The fourth-order valence-corrected chi connectivity index (χ4v) is 6.97. The van der Waals surface area contributed by atoms with E-state index in [9.17, 15) is 23.9 Å². The summed E-state index contributed by atoms with van der Waals surface area (Å²) < 4.78 is 16.1. The number of hydrogen-bond donors (Lipinski definition) is 2. The van der Waals surface area contributed by atoms with Gasteiger partial charge in [-0.2, -0.15) is 0 Å². The van der Waals surface area contributed by atoms with Crippen LogP contribution in [-0.2, 0) is 18.7 Å². The molecule has 7 nitrogen and oxygen atoms in total. The Hall–Kier alpha value is -0.750. The smallest absolute Gasteiger partial charge is 0.303 e. The van der Waals surface area contributed by atoms with Gasteiger partial charge in [0.2, 0.25) is 11.8 Å². The third-order valence-electron chi connectivity index (χ3n) is 9.35. The van der Waals surface area contributed by atoms with Crippen LogP contribution < -0.4 is 0 Å². The van der Waals surface area contributed by atoms with Crippen molar-refractivity contribution >= 4 is 19.6 Å². The maximum atomic E-state index is 13.0. The van der Waals surface area contributed by atoms with E-state index in [1.54, 1.807) is 0 Å². The molecular weight excluding hydrogens is 609 g/mol. The fourth-order valence-electron chi connectivity index (χ4n) is 6.43. The number of imide groups is 1. The van der Waals surface area contributed by atoms with Gasteiger partial charge in [0.25, 0.3) is 0 Å². The van der Waals surface area contributed by atoms with Gasteiger partial charge in [-0.05, 0) is 19.8 Å². The Kier molecular flexibility index (Phi) is 33.2. The minimum Gasteiger partial charge on any atom is -0.303 e. The van der Waals surface area contributed by atoms with Crippen LogP contribution in [0.15, 0.2) is 0 Å². The molecule has 0 aliphatic carbocycles. The number of phosphoric acid groups is 1. The third kappa shape index (κ3) is 33.5. The van der Waals surface area contributed by atoms with E-state index in [1.165, 1.54) is 166 Å². The average Bonchev–Trinajstić information content (AvgIpc) is 3.02. The lowest BCUT2D eigenvalue weighted by molar-refractivity contribution is -0.146. The Morgan fingerprint density at radius 3 is 0.957 bits per heavy atom. The molecule has 0 saturated carbocycles. The molecule has 2 N–H and O–H groups in total. The molecule has 280 valence electrons. The molecule has 8 heteroatoms. The molecule has 0 aromatic heterocycles. The Morgan fingerprint density at radius 2 is 0.723 bits per heavy atom. The first kappa shape index (κ1) is 46.2. The van der Waals surface area contributed by atoms with Gasteiger partial charge in [-0.25, -0.2) is 4.57 Å². The maximum Gasteiger partial charge on any atom is 0.469 e. The molecule has 47 heavy (non-hydrogen) atoms. The molecule has 2 amide bonds. The highest BCUT2D eigenvalue weighted by Crippen LogP contribution is 2.37. The van der Waals surface area contributed by atoms with Crippen LogP contribution in [0.1, 0.15) is 226 Å². The molecule has 0 aliphatic rings. The molecule has 0 aliphatic heterocycles. The molecule has 1 atom stereocenters. The van der Waals surface area contributed by atoms with E-state index >= 15 is 0 Å². The number of carbonyl (C=O) groups is 2. The first-order chi connectivity index (χ1) is 22.7. The number of phosphoric ester groups is 1. The largest absolute Gasteiger partial charge is 0.469 e. The standard InChI is InChI=1S/C39H78NO6P/c1-4-6-8-10-12-14-16-18-20-22-24-26-28-30-32-34-38(41)40(36-37(3)46-47(43,44)45)39(42)35-33-31-29-27-25-23-21-19-17-15-13-11-9-7-5-2/h37H,4-36H2,1-3H3,(H2,43,44,45). The van der Waals surface area contributed by atoms with Crippen molar-refractivity contribution in [1.29, 1.82) is 0 Å². The molecule has 0 rings (SSSR count). The lowest BCUT2D eigenvalue weighted by Crippen LogP contribution is -2.41. The Morgan fingerprint density at radius 1 is 0.489 bits per heavy atom. The van der Waals surface area contributed by atoms with Crippen molar-refractivity contribution in [1.82, 2.24) is 4.90 Å². The van der Waals surface area contributed by atoms with Crippen molar-refractivity contribution in [2.45, 2.75) is 232 Å². The highest BCUT2D eigenvalue weighted by Gasteiger charge is 2.26. The monoisotopic (exact) mass is 688 g/mol. The van der Waals surface area contributed by atoms with Crippen LogP contribution in [0.4, 0.5) is 0 Å². The minimum atomic E-state index is -4.70. The summed E-state index contributed by atoms with van der Waals surface area (Å²) >= 11 is 0. The van der Waals surface area contributed by atoms with E-state index in [0.717, 1.165) is 38.5 Å². The van der Waals surface area contributed by atoms with Gasteiger partial charge >= 0.3 is 7.82 Å². The SMILES string of the molecule is CCCCCCCCCCCCCCCCCC(=O)N(CC(C)OP(=O)(O)O)C(=O)CCCCCCCCCCCCCCCCC. The van der Waals surface area contributed by atoms with Gasteiger partial charge in [0.05, 0.1) is 12.6 Å². The Labute approximate surface area is 291 Å². The van der Waals surface area contributed by atoms with Crippen LogP contribution in [0.5, 0.6) is 0 Å². The third-order valence-corrected chi connectivity index (χ3v) is 9.98. The van der Waals surface area contributed by atoms with Gasteiger partial charge in [-0.3, -0.25) is 19.0 Å². The summed E-state index contributed by atoms with van der Waals surface area (Å²) in [6.45, 7) is 5.89. The normalized spacial score (nSPS) is 12.4. The zero-order valence-electron chi connectivity index (χ0n) is 31.3. The molecule has 0 heterocycles. The van der Waals surface area contributed by atoms with Crippen molar-refractivity contribution < 1.29 is 28.5 Å². The van der Waals surface area contributed by atoms with Gasteiger partial charge < -0.3 is 9.79 Å². The summed E-state index contributed by atoms with van der Waals surface area (Å²) in [7, 11) is -4.70. The quantitative estimate of drug-likeness (QED) is 0.0502. The number of rotatable bonds is 36. The number of amides is 2. The zero-order chi connectivity index (χ0) is 34.9. The van der Waals surface area contributed by atoms with Crippen molar-refractivity contribution in [3.63, 3.8) is 0 Å². The van der Waals surface area contributed by atoms with E-state index < -0.39 is 13.9 Å². The topological polar surface area (TPSA) is 104 Å². The van der Waals surface area contributed by atoms with Crippen LogP contribution in [0.3, 0.4) is 0 Å². The van der Waals surface area contributed by atoms with Gasteiger partial charge in [0.15, 0.2) is 0 Å². The first-order valence-corrected chi connectivity index (χ1v) is 21.8. The molecule has 0 saturated heterocycles. The first-order valence-electron chi connectivity index (χ1n) is 20.3. The summed E-state index contributed by atoms with van der Waals surface area (Å²) in [5.74, 6) is -0.515. The lowest BCUT2D eigenvalue weighted by Gasteiger charge is -2.24. The average molecular weight is 688 g/mol. The van der Waals surface area contributed by atoms with Crippen LogP contribution in [0.2, 0.25) is 0 Å². The van der Waals surface area contributed by atoms with Gasteiger partial charge in [-0.15, -0.1) is 0 Å². The summed E-state index contributed by atoms with van der Waals surface area (Å²) in [6, 6.07) is 0. The van der Waals surface area contributed by atoms with Gasteiger partial charge in [-0.1, -0.05) is 194 Å². The molecular formula is C39H78NO6P. The summed E-state index contributed by atoms with van der Waals surface area (Å²) in [5, 5.41) is 0. The van der Waals surface area contributed by atoms with Crippen LogP contribution in [0, 0.1) is 0 Å². The van der Waals surface area contributed by atoms with E-state index in [0.29, 0.717) is 0 Å². The van der Waals surface area contributed by atoms with Crippen LogP contribution >= 0.6 is 7.82 Å². The summed E-state index contributed by atoms with van der Waals surface area (Å²) in [4.78, 5) is 45.6. The number of carbonyl (C=O) groups excluding carboxylic acids is 2. The lowest BCUT2D eigenvalue weighted by atomic mass is 10.0. The second kappa shape index (κ2) is 33.7. The highest BCUT2D eigenvalue weighted by atomic mass is 31.2. The Balaban J connectivity index is 4.13. The summed E-state index contributed by atoms with van der Waals surface area (Å²) in [6.07, 6.45) is 37.1. The van der Waals surface area contributed by atoms with E-state index in [4.69, 9.17) is 4.52 Å². The molecule has 0 aromatic carbocycles. The zero-order valence-corrected chi connectivity index (χ0v) is 32.2. The van der Waals surface area contributed by atoms with Crippen molar-refractivity contribution in [2.24, 2.45) is 0 Å². The highest BCUT2D eigenvalue weighted by molar-refractivity contribution is 7.46. The second-order valence-electron chi connectivity index (χ2n) is 14.2. The molecule has 0 bridgehead atoms. The van der Waals surface area contributed by atoms with Crippen molar-refractivity contribution in [3.8, 4) is 0 Å². The van der Waals surface area contributed by atoms with Crippen LogP contribution in [0.25, 0.3) is 0 Å².